The first-order chi connectivity index (χ1) is 13.1. The highest BCUT2D eigenvalue weighted by Crippen LogP contribution is 2.37. The van der Waals surface area contributed by atoms with Crippen LogP contribution in [0.15, 0.2) is 53.8 Å². The SMILES string of the molecule is CN1CCN(c2ccc(-c3cncnc3)cc2C2(N)N=CNC=C2N)CC1. The summed E-state index contributed by atoms with van der Waals surface area (Å²) in [7, 11) is 2.14. The van der Waals surface area contributed by atoms with Gasteiger partial charge < -0.3 is 20.9 Å². The Morgan fingerprint density at radius 2 is 1.81 bits per heavy atom. The van der Waals surface area contributed by atoms with Gasteiger partial charge in [-0.3, -0.25) is 5.73 Å². The summed E-state index contributed by atoms with van der Waals surface area (Å²) < 4.78 is 0. The van der Waals surface area contributed by atoms with Crippen LogP contribution in [-0.4, -0.2) is 54.4 Å². The quantitative estimate of drug-likeness (QED) is 0.725. The molecule has 8 nitrogen and oxygen atoms in total. The van der Waals surface area contributed by atoms with Crippen molar-refractivity contribution in [1.82, 2.24) is 20.2 Å². The second-order valence-electron chi connectivity index (χ2n) is 6.94. The van der Waals surface area contributed by atoms with Crippen molar-refractivity contribution in [1.29, 1.82) is 0 Å². The highest BCUT2D eigenvalue weighted by molar-refractivity contribution is 5.72. The van der Waals surface area contributed by atoms with Crippen LogP contribution in [0.4, 0.5) is 5.69 Å². The standard InChI is InChI=1S/C19H24N8/c1-26-4-6-27(7-5-26)17-3-2-14(15-9-22-12-23-10-15)8-16(17)19(21)18(20)11-24-13-25-19/h2-3,8-13H,4-7,20-21H2,1H3,(H,24,25). The van der Waals surface area contributed by atoms with Gasteiger partial charge in [-0.2, -0.15) is 0 Å². The number of nitrogens with two attached hydrogens (primary N) is 2. The zero-order valence-corrected chi connectivity index (χ0v) is 15.3. The molecule has 2 aliphatic rings. The molecule has 1 aromatic carbocycles. The fraction of sp³-hybridized carbons (Fsp3) is 0.316. The predicted molar refractivity (Wildman–Crippen MR) is 107 cm³/mol. The summed E-state index contributed by atoms with van der Waals surface area (Å²) in [6, 6.07) is 6.22. The minimum atomic E-state index is -1.12. The van der Waals surface area contributed by atoms with Crippen molar-refractivity contribution in [2.24, 2.45) is 16.5 Å². The summed E-state index contributed by atoms with van der Waals surface area (Å²) in [6.45, 7) is 3.86. The number of nitrogens with zero attached hydrogens (tertiary/aromatic N) is 5. The van der Waals surface area contributed by atoms with Crippen LogP contribution in [0, 0.1) is 0 Å². The molecule has 3 heterocycles. The second kappa shape index (κ2) is 6.98. The molecule has 4 rings (SSSR count). The fourth-order valence-electron chi connectivity index (χ4n) is 3.47. The maximum Gasteiger partial charge on any atom is 0.179 e. The number of aliphatic imine (C=N–C) groups is 1. The van der Waals surface area contributed by atoms with Gasteiger partial charge in [0.1, 0.15) is 6.33 Å². The molecule has 0 bridgehead atoms. The number of hydrogen-bond acceptors (Lipinski definition) is 8. The maximum atomic E-state index is 6.71. The van der Waals surface area contributed by atoms with E-state index in [0.29, 0.717) is 5.70 Å². The van der Waals surface area contributed by atoms with Crippen LogP contribution in [0.1, 0.15) is 5.56 Å². The smallest absolute Gasteiger partial charge is 0.179 e. The van der Waals surface area contributed by atoms with Crippen molar-refractivity contribution in [2.75, 3.05) is 38.1 Å². The number of nitrogens with one attached hydrogen (secondary N) is 1. The monoisotopic (exact) mass is 364 g/mol. The lowest BCUT2D eigenvalue weighted by atomic mass is 9.91. The third-order valence-electron chi connectivity index (χ3n) is 5.17. The second-order valence-corrected chi connectivity index (χ2v) is 6.94. The van der Waals surface area contributed by atoms with Gasteiger partial charge in [0.05, 0.1) is 12.0 Å². The Morgan fingerprint density at radius 1 is 1.07 bits per heavy atom. The Bertz CT molecular complexity index is 871. The summed E-state index contributed by atoms with van der Waals surface area (Å²) in [5.74, 6) is 0. The van der Waals surface area contributed by atoms with E-state index < -0.39 is 5.66 Å². The lowest BCUT2D eigenvalue weighted by Gasteiger charge is -2.38. The van der Waals surface area contributed by atoms with Crippen LogP contribution in [0.5, 0.6) is 0 Å². The molecular formula is C19H24N8. The molecule has 27 heavy (non-hydrogen) atoms. The largest absolute Gasteiger partial charge is 0.397 e. The van der Waals surface area contributed by atoms with Gasteiger partial charge in [0.25, 0.3) is 0 Å². The molecule has 5 N–H and O–H groups in total. The van der Waals surface area contributed by atoms with Gasteiger partial charge in [0.2, 0.25) is 0 Å². The average Bonchev–Trinajstić information content (AvgIpc) is 2.71. The van der Waals surface area contributed by atoms with E-state index in [2.05, 4.69) is 55.3 Å². The molecular weight excluding hydrogens is 340 g/mol. The number of anilines is 1. The molecule has 2 aliphatic heterocycles. The molecule has 0 saturated carbocycles. The molecule has 0 radical (unpaired) electrons. The van der Waals surface area contributed by atoms with Gasteiger partial charge in [-0.1, -0.05) is 6.07 Å². The maximum absolute atomic E-state index is 6.71. The molecule has 140 valence electrons. The Kier molecular flexibility index (Phi) is 4.51. The van der Waals surface area contributed by atoms with E-state index in [1.165, 1.54) is 6.33 Å². The first-order valence-electron chi connectivity index (χ1n) is 8.96. The van der Waals surface area contributed by atoms with Crippen LogP contribution >= 0.6 is 0 Å². The first-order valence-corrected chi connectivity index (χ1v) is 8.96. The highest BCUT2D eigenvalue weighted by Gasteiger charge is 2.35. The molecule has 1 fully saturated rings. The van der Waals surface area contributed by atoms with Gasteiger partial charge >= 0.3 is 0 Å². The van der Waals surface area contributed by atoms with Crippen LogP contribution in [0.2, 0.25) is 0 Å². The van der Waals surface area contributed by atoms with Crippen molar-refractivity contribution in [3.05, 3.63) is 54.4 Å². The summed E-state index contributed by atoms with van der Waals surface area (Å²) in [5.41, 5.74) is 16.2. The summed E-state index contributed by atoms with van der Waals surface area (Å²) in [6.07, 6.45) is 8.37. The number of aromatic nitrogens is 2. The molecule has 2 aromatic rings. The lowest BCUT2D eigenvalue weighted by molar-refractivity contribution is 0.312. The minimum absolute atomic E-state index is 0.474. The molecule has 8 heteroatoms. The van der Waals surface area contributed by atoms with Crippen LogP contribution in [0.3, 0.4) is 0 Å². The fourth-order valence-corrected chi connectivity index (χ4v) is 3.47. The van der Waals surface area contributed by atoms with Gasteiger partial charge in [-0.15, -0.1) is 0 Å². The lowest BCUT2D eigenvalue weighted by Crippen LogP contribution is -2.48. The molecule has 0 amide bonds. The Morgan fingerprint density at radius 3 is 2.52 bits per heavy atom. The minimum Gasteiger partial charge on any atom is -0.397 e. The number of hydrogen-bond donors (Lipinski definition) is 3. The van der Waals surface area contributed by atoms with Crippen molar-refractivity contribution in [2.45, 2.75) is 5.66 Å². The zero-order valence-electron chi connectivity index (χ0n) is 15.3. The molecule has 1 aromatic heterocycles. The number of benzene rings is 1. The normalized spacial score (nSPS) is 23.0. The molecule has 1 saturated heterocycles. The number of rotatable bonds is 3. The first kappa shape index (κ1) is 17.4. The Balaban J connectivity index is 1.83. The number of piperazine rings is 1. The predicted octanol–water partition coefficient (Wildman–Crippen LogP) is 0.439. The van der Waals surface area contributed by atoms with Crippen molar-refractivity contribution < 1.29 is 0 Å². The van der Waals surface area contributed by atoms with Crippen molar-refractivity contribution in [3.8, 4) is 11.1 Å². The van der Waals surface area contributed by atoms with Gasteiger partial charge in [0.15, 0.2) is 5.66 Å². The summed E-state index contributed by atoms with van der Waals surface area (Å²) >= 11 is 0. The summed E-state index contributed by atoms with van der Waals surface area (Å²) in [5, 5.41) is 2.91. The van der Waals surface area contributed by atoms with Gasteiger partial charge in [-0.25, -0.2) is 15.0 Å². The van der Waals surface area contributed by atoms with E-state index in [1.54, 1.807) is 24.9 Å². The van der Waals surface area contributed by atoms with Crippen LogP contribution in [-0.2, 0) is 5.66 Å². The Hall–Kier alpha value is -2.97. The third-order valence-corrected chi connectivity index (χ3v) is 5.17. The molecule has 0 aliphatic carbocycles. The van der Waals surface area contributed by atoms with Gasteiger partial charge in [0, 0.05) is 61.6 Å². The molecule has 0 spiro atoms. The van der Waals surface area contributed by atoms with Crippen LogP contribution < -0.4 is 21.7 Å². The average molecular weight is 364 g/mol. The van der Waals surface area contributed by atoms with E-state index in [-0.39, 0.29) is 0 Å². The van der Waals surface area contributed by atoms with Crippen LogP contribution in [0.25, 0.3) is 11.1 Å². The topological polar surface area (TPSA) is 109 Å². The van der Waals surface area contributed by atoms with Crippen molar-refractivity contribution >= 4 is 12.0 Å². The molecule has 1 atom stereocenters. The van der Waals surface area contributed by atoms with E-state index in [0.717, 1.165) is 48.6 Å². The summed E-state index contributed by atoms with van der Waals surface area (Å²) in [4.78, 5) is 17.4. The van der Waals surface area contributed by atoms with E-state index in [9.17, 15) is 0 Å². The van der Waals surface area contributed by atoms with E-state index >= 15 is 0 Å². The Labute approximate surface area is 158 Å². The van der Waals surface area contributed by atoms with Gasteiger partial charge in [-0.05, 0) is 24.7 Å². The van der Waals surface area contributed by atoms with Crippen molar-refractivity contribution in [3.63, 3.8) is 0 Å². The zero-order chi connectivity index (χ0) is 18.9. The third kappa shape index (κ3) is 3.24. The van der Waals surface area contributed by atoms with E-state index in [1.807, 2.05) is 0 Å². The highest BCUT2D eigenvalue weighted by atomic mass is 15.3. The molecule has 1 unspecified atom stereocenters. The number of likely N-dealkylation sites (N-methyl/N-ethyl adjacent to an activating group) is 1. The van der Waals surface area contributed by atoms with E-state index in [4.69, 9.17) is 11.5 Å².